The second-order valence-corrected chi connectivity index (χ2v) is 10.7. The first kappa shape index (κ1) is 26.0. The average Bonchev–Trinajstić information content (AvgIpc) is 3.44. The monoisotopic (exact) mass is 524 g/mol. The summed E-state index contributed by atoms with van der Waals surface area (Å²) in [6.07, 6.45) is 6.05. The number of allylic oxidation sites excluding steroid dienone is 1. The third-order valence-electron chi connectivity index (χ3n) is 7.16. The number of aromatic nitrogens is 1. The van der Waals surface area contributed by atoms with E-state index < -0.39 is 17.1 Å². The molecule has 0 bridgehead atoms. The molecule has 2 N–H and O–H groups in total. The Balaban J connectivity index is 1.65. The van der Waals surface area contributed by atoms with Gasteiger partial charge in [-0.3, -0.25) is 5.32 Å². The van der Waals surface area contributed by atoms with Crippen molar-refractivity contribution in [1.29, 1.82) is 0 Å². The number of benzene rings is 3. The molecule has 1 heterocycles. The van der Waals surface area contributed by atoms with Crippen LogP contribution in [0, 0.1) is 0 Å². The molecule has 5 nitrogen and oxygen atoms in total. The zero-order chi connectivity index (χ0) is 26.6. The number of hydrogen-bond acceptors (Lipinski definition) is 6. The summed E-state index contributed by atoms with van der Waals surface area (Å²) in [6, 6.07) is 30.8. The van der Waals surface area contributed by atoms with E-state index in [0.717, 1.165) is 29.5 Å². The van der Waals surface area contributed by atoms with Gasteiger partial charge in [-0.1, -0.05) is 103 Å². The fourth-order valence-corrected chi connectivity index (χ4v) is 6.45. The number of nitrogens with zero attached hydrogens (tertiary/aromatic N) is 1. The molecular formula is C32H32N2O3S. The van der Waals surface area contributed by atoms with Crippen molar-refractivity contribution in [1.82, 2.24) is 10.3 Å². The predicted molar refractivity (Wildman–Crippen MR) is 151 cm³/mol. The van der Waals surface area contributed by atoms with Gasteiger partial charge in [-0.15, -0.1) is 11.3 Å². The van der Waals surface area contributed by atoms with Gasteiger partial charge in [0.1, 0.15) is 10.6 Å². The molecule has 2 atom stereocenters. The Morgan fingerprint density at radius 2 is 1.50 bits per heavy atom. The molecule has 0 fully saturated rings. The van der Waals surface area contributed by atoms with Gasteiger partial charge in [0.15, 0.2) is 5.69 Å². The summed E-state index contributed by atoms with van der Waals surface area (Å²) in [4.78, 5) is 18.1. The Labute approximate surface area is 227 Å². The number of carbonyl (C=O) groups is 1. The van der Waals surface area contributed by atoms with Crippen LogP contribution in [-0.4, -0.2) is 23.2 Å². The molecule has 0 amide bonds. The van der Waals surface area contributed by atoms with Crippen molar-refractivity contribution in [3.8, 4) is 0 Å². The third kappa shape index (κ3) is 4.83. The maximum atomic E-state index is 12.8. The van der Waals surface area contributed by atoms with Gasteiger partial charge in [-0.2, -0.15) is 0 Å². The smallest absolute Gasteiger partial charge is 0.357 e. The molecule has 0 aliphatic heterocycles. The Kier molecular flexibility index (Phi) is 7.56. The number of thiazole rings is 1. The Hall–Kier alpha value is -3.58. The molecule has 0 spiro atoms. The summed E-state index contributed by atoms with van der Waals surface area (Å²) in [6.45, 7) is 2.05. The minimum Gasteiger partial charge on any atom is -0.464 e. The van der Waals surface area contributed by atoms with Gasteiger partial charge in [0, 0.05) is 0 Å². The normalized spacial score (nSPS) is 18.2. The van der Waals surface area contributed by atoms with Crippen molar-refractivity contribution in [2.24, 2.45) is 0 Å². The summed E-state index contributed by atoms with van der Waals surface area (Å²) in [5.74, 6) is -0.539. The van der Waals surface area contributed by atoms with Gasteiger partial charge in [0.2, 0.25) is 0 Å². The Morgan fingerprint density at radius 3 is 1.95 bits per heavy atom. The van der Waals surface area contributed by atoms with Gasteiger partial charge in [0.05, 0.1) is 23.6 Å². The molecule has 4 aromatic rings. The molecule has 6 heteroatoms. The van der Waals surface area contributed by atoms with E-state index in [-0.39, 0.29) is 11.7 Å². The van der Waals surface area contributed by atoms with Gasteiger partial charge in [-0.25, -0.2) is 9.78 Å². The van der Waals surface area contributed by atoms with Crippen LogP contribution in [0.2, 0.25) is 0 Å². The highest BCUT2D eigenvalue weighted by Crippen LogP contribution is 2.42. The van der Waals surface area contributed by atoms with Crippen molar-refractivity contribution >= 4 is 17.3 Å². The first-order valence-electron chi connectivity index (χ1n) is 12.9. The van der Waals surface area contributed by atoms with E-state index >= 15 is 0 Å². The maximum Gasteiger partial charge on any atom is 0.357 e. The molecule has 38 heavy (non-hydrogen) atoms. The van der Waals surface area contributed by atoms with Crippen molar-refractivity contribution in [2.75, 3.05) is 7.11 Å². The molecule has 5 rings (SSSR count). The number of methoxy groups -OCH3 is 1. The van der Waals surface area contributed by atoms with Crippen LogP contribution in [0.5, 0.6) is 0 Å². The second-order valence-electron chi connectivity index (χ2n) is 9.65. The van der Waals surface area contributed by atoms with Crippen LogP contribution in [-0.2, 0) is 15.9 Å². The molecular weight excluding hydrogens is 492 g/mol. The molecule has 0 saturated heterocycles. The van der Waals surface area contributed by atoms with Crippen molar-refractivity contribution in [3.63, 3.8) is 0 Å². The van der Waals surface area contributed by atoms with Crippen LogP contribution in [0.1, 0.15) is 69.3 Å². The predicted octanol–water partition coefficient (Wildman–Crippen LogP) is 6.50. The summed E-state index contributed by atoms with van der Waals surface area (Å²) in [5, 5.41) is 16.1. The topological polar surface area (TPSA) is 71.5 Å². The quantitative estimate of drug-likeness (QED) is 0.156. The van der Waals surface area contributed by atoms with Gasteiger partial charge in [-0.05, 0) is 42.9 Å². The van der Waals surface area contributed by atoms with E-state index in [4.69, 9.17) is 9.72 Å². The fourth-order valence-electron chi connectivity index (χ4n) is 5.29. The number of ether oxygens (including phenoxy) is 1. The maximum absolute atomic E-state index is 12.8. The minimum atomic E-state index is -1.23. The number of esters is 1. The molecule has 194 valence electrons. The minimum absolute atomic E-state index is 0.180. The number of hydrogen-bond donors (Lipinski definition) is 2. The van der Waals surface area contributed by atoms with E-state index in [2.05, 4.69) is 41.7 Å². The van der Waals surface area contributed by atoms with Crippen molar-refractivity contribution in [2.45, 2.75) is 43.4 Å². The first-order chi connectivity index (χ1) is 18.5. The van der Waals surface area contributed by atoms with Crippen LogP contribution >= 0.6 is 11.3 Å². The highest BCUT2D eigenvalue weighted by molar-refractivity contribution is 7.12. The lowest BCUT2D eigenvalue weighted by atomic mass is 9.76. The summed E-state index contributed by atoms with van der Waals surface area (Å²) < 4.78 is 5.06. The Bertz CT molecular complexity index is 1310. The van der Waals surface area contributed by atoms with Crippen molar-refractivity contribution < 1.29 is 14.6 Å². The number of carbonyl (C=O) groups excluding carboxylic acids is 1. The molecule has 0 saturated carbocycles. The highest BCUT2D eigenvalue weighted by Gasteiger charge is 2.40. The molecule has 1 unspecified atom stereocenters. The molecule has 1 aliphatic carbocycles. The first-order valence-corrected chi connectivity index (χ1v) is 13.7. The van der Waals surface area contributed by atoms with Gasteiger partial charge >= 0.3 is 5.97 Å². The zero-order valence-electron chi connectivity index (χ0n) is 21.6. The van der Waals surface area contributed by atoms with Crippen molar-refractivity contribution in [3.05, 3.63) is 135 Å². The lowest BCUT2D eigenvalue weighted by Crippen LogP contribution is -2.45. The number of aliphatic hydroxyl groups is 1. The fraction of sp³-hybridized carbons (Fsp3) is 0.250. The van der Waals surface area contributed by atoms with Crippen LogP contribution in [0.25, 0.3) is 0 Å². The largest absolute Gasteiger partial charge is 0.464 e. The van der Waals surface area contributed by atoms with Gasteiger partial charge < -0.3 is 9.84 Å². The highest BCUT2D eigenvalue weighted by atomic mass is 32.1. The molecule has 3 aromatic carbocycles. The second kappa shape index (κ2) is 11.0. The number of rotatable bonds is 8. The number of nitrogens with one attached hydrogen (secondary N) is 1. The molecule has 1 aliphatic rings. The average molecular weight is 525 g/mol. The van der Waals surface area contributed by atoms with Crippen LogP contribution in [0.4, 0.5) is 0 Å². The summed E-state index contributed by atoms with van der Waals surface area (Å²) >= 11 is 1.37. The van der Waals surface area contributed by atoms with E-state index in [0.29, 0.717) is 16.3 Å². The molecule has 0 radical (unpaired) electrons. The van der Waals surface area contributed by atoms with E-state index in [9.17, 15) is 9.90 Å². The summed E-state index contributed by atoms with van der Waals surface area (Å²) in [7, 11) is 1.35. The van der Waals surface area contributed by atoms with E-state index in [1.165, 1.54) is 18.4 Å². The van der Waals surface area contributed by atoms with Crippen LogP contribution in [0.3, 0.4) is 0 Å². The molecule has 1 aromatic heterocycles. The lowest BCUT2D eigenvalue weighted by molar-refractivity contribution is 0.0548. The lowest BCUT2D eigenvalue weighted by Gasteiger charge is -2.39. The standard InChI is InChI=1S/C32H32N2O3S/c1-23(29-33-27(30(35)37-2)28(38-29)31(36)21-13-6-14-22-31)34-32(24-15-7-3-8-16-24,25-17-9-4-10-18-25)26-19-11-5-12-20-26/h3-5,7-13,15-21,23,34,36H,6,14,22H2,1-2H3/t23-,31?/m0/s1. The van der Waals surface area contributed by atoms with E-state index in [1.807, 2.05) is 67.6 Å². The van der Waals surface area contributed by atoms with E-state index in [1.54, 1.807) is 6.08 Å². The zero-order valence-corrected chi connectivity index (χ0v) is 22.4. The van der Waals surface area contributed by atoms with Crippen LogP contribution < -0.4 is 5.32 Å². The summed E-state index contributed by atoms with van der Waals surface area (Å²) in [5.41, 5.74) is 1.52. The SMILES string of the molecule is COC(=O)c1nc([C@H](C)NC(c2ccccc2)(c2ccccc2)c2ccccc2)sc1C1(O)C=CCCC1. The third-order valence-corrected chi connectivity index (χ3v) is 8.57. The van der Waals surface area contributed by atoms with Crippen LogP contribution in [0.15, 0.2) is 103 Å². The Morgan fingerprint density at radius 1 is 0.974 bits per heavy atom. The van der Waals surface area contributed by atoms with Gasteiger partial charge in [0.25, 0.3) is 0 Å².